The zero-order valence-corrected chi connectivity index (χ0v) is 14.3. The smallest absolute Gasteiger partial charge is 0.371 e. The lowest BCUT2D eigenvalue weighted by Gasteiger charge is -2.06. The highest BCUT2D eigenvalue weighted by atomic mass is 79.9. The van der Waals surface area contributed by atoms with E-state index in [4.69, 9.17) is 9.52 Å². The van der Waals surface area contributed by atoms with Gasteiger partial charge in [-0.15, -0.1) is 0 Å². The quantitative estimate of drug-likeness (QED) is 0.747. The molecule has 0 amide bonds. The van der Waals surface area contributed by atoms with Crippen LogP contribution in [-0.2, 0) is 16.6 Å². The zero-order valence-electron chi connectivity index (χ0n) is 10.3. The van der Waals surface area contributed by atoms with Crippen LogP contribution in [-0.4, -0.2) is 19.5 Å². The number of carbonyl (C=O) groups is 1. The SMILES string of the molecule is O=C(O)c1cc(S(=O)(=O)NCc2ccccc2Br)c(Br)o1. The van der Waals surface area contributed by atoms with E-state index in [1.54, 1.807) is 18.2 Å². The fourth-order valence-corrected chi connectivity index (χ4v) is 3.90. The Labute approximate surface area is 137 Å². The molecule has 9 heteroatoms. The van der Waals surface area contributed by atoms with Crippen LogP contribution in [0.4, 0.5) is 0 Å². The van der Waals surface area contributed by atoms with E-state index in [0.29, 0.717) is 0 Å². The second-order valence-corrected chi connectivity index (χ2v) is 7.28. The molecule has 0 radical (unpaired) electrons. The molecular formula is C12H9Br2NO5S. The van der Waals surface area contributed by atoms with E-state index >= 15 is 0 Å². The molecule has 0 saturated carbocycles. The lowest BCUT2D eigenvalue weighted by Crippen LogP contribution is -2.23. The summed E-state index contributed by atoms with van der Waals surface area (Å²) in [6, 6.07) is 8.10. The minimum absolute atomic E-state index is 0.0593. The standard InChI is InChI=1S/C12H9Br2NO5S/c13-8-4-2-1-3-7(8)6-15-21(18,19)10-5-9(12(16)17)20-11(10)14/h1-5,15H,6H2,(H,16,17). The van der Waals surface area contributed by atoms with Gasteiger partial charge in [0.15, 0.2) is 4.67 Å². The van der Waals surface area contributed by atoms with Crippen molar-refractivity contribution in [2.45, 2.75) is 11.4 Å². The van der Waals surface area contributed by atoms with Crippen molar-refractivity contribution in [1.29, 1.82) is 0 Å². The van der Waals surface area contributed by atoms with E-state index in [-0.39, 0.29) is 16.1 Å². The van der Waals surface area contributed by atoms with E-state index in [9.17, 15) is 13.2 Å². The minimum Gasteiger partial charge on any atom is -0.475 e. The van der Waals surface area contributed by atoms with E-state index in [1.807, 2.05) is 6.07 Å². The molecule has 0 atom stereocenters. The Morgan fingerprint density at radius 3 is 2.52 bits per heavy atom. The molecule has 0 saturated heterocycles. The second kappa shape index (κ2) is 6.30. The first-order valence-electron chi connectivity index (χ1n) is 5.57. The highest BCUT2D eigenvalue weighted by Crippen LogP contribution is 2.26. The van der Waals surface area contributed by atoms with Crippen LogP contribution in [0.5, 0.6) is 0 Å². The fourth-order valence-electron chi connectivity index (χ4n) is 1.53. The summed E-state index contributed by atoms with van der Waals surface area (Å²) in [5, 5.41) is 8.80. The normalized spacial score (nSPS) is 11.5. The van der Waals surface area contributed by atoms with Crippen molar-refractivity contribution in [2.75, 3.05) is 0 Å². The fraction of sp³-hybridized carbons (Fsp3) is 0.0833. The van der Waals surface area contributed by atoms with Gasteiger partial charge >= 0.3 is 5.97 Å². The molecule has 2 N–H and O–H groups in total. The van der Waals surface area contributed by atoms with Crippen LogP contribution in [0.3, 0.4) is 0 Å². The molecule has 0 bridgehead atoms. The Morgan fingerprint density at radius 1 is 1.29 bits per heavy atom. The number of hydrogen-bond acceptors (Lipinski definition) is 4. The summed E-state index contributed by atoms with van der Waals surface area (Å²) >= 11 is 6.22. The van der Waals surface area contributed by atoms with Crippen LogP contribution < -0.4 is 4.72 Å². The molecule has 21 heavy (non-hydrogen) atoms. The topological polar surface area (TPSA) is 96.6 Å². The van der Waals surface area contributed by atoms with E-state index in [2.05, 4.69) is 36.6 Å². The molecule has 0 aliphatic carbocycles. The van der Waals surface area contributed by atoms with Crippen molar-refractivity contribution in [1.82, 2.24) is 4.72 Å². The summed E-state index contributed by atoms with van der Waals surface area (Å²) in [5.74, 6) is -1.80. The van der Waals surface area contributed by atoms with Gasteiger partial charge in [0.2, 0.25) is 15.8 Å². The van der Waals surface area contributed by atoms with Crippen molar-refractivity contribution < 1.29 is 22.7 Å². The second-order valence-electron chi connectivity index (χ2n) is 3.97. The van der Waals surface area contributed by atoms with E-state index < -0.39 is 21.8 Å². The number of sulfonamides is 1. The van der Waals surface area contributed by atoms with Crippen molar-refractivity contribution in [3.8, 4) is 0 Å². The highest BCUT2D eigenvalue weighted by molar-refractivity contribution is 9.10. The van der Waals surface area contributed by atoms with Gasteiger partial charge in [-0.05, 0) is 27.6 Å². The van der Waals surface area contributed by atoms with Crippen LogP contribution in [0.2, 0.25) is 0 Å². The molecule has 1 heterocycles. The number of carboxylic acid groups (broad SMARTS) is 1. The molecule has 2 rings (SSSR count). The zero-order chi connectivity index (χ0) is 15.6. The van der Waals surface area contributed by atoms with Gasteiger partial charge in [0.25, 0.3) is 0 Å². The predicted octanol–water partition coefficient (Wildman–Crippen LogP) is 2.98. The molecule has 1 aromatic heterocycles. The summed E-state index contributed by atoms with van der Waals surface area (Å²) in [7, 11) is -3.89. The van der Waals surface area contributed by atoms with Gasteiger partial charge < -0.3 is 9.52 Å². The third kappa shape index (κ3) is 3.73. The van der Waals surface area contributed by atoms with Gasteiger partial charge in [-0.3, -0.25) is 0 Å². The number of carboxylic acids is 1. The molecule has 0 fully saturated rings. The molecule has 6 nitrogen and oxygen atoms in total. The Bertz CT molecular complexity index is 785. The molecule has 0 unspecified atom stereocenters. The summed E-state index contributed by atoms with van der Waals surface area (Å²) in [4.78, 5) is 10.5. The maximum Gasteiger partial charge on any atom is 0.371 e. The molecule has 0 aliphatic heterocycles. The number of furan rings is 1. The molecule has 0 spiro atoms. The minimum atomic E-state index is -3.89. The largest absolute Gasteiger partial charge is 0.475 e. The number of hydrogen-bond donors (Lipinski definition) is 2. The van der Waals surface area contributed by atoms with Crippen LogP contribution in [0.1, 0.15) is 16.1 Å². The lowest BCUT2D eigenvalue weighted by molar-refractivity contribution is 0.0661. The first-order chi connectivity index (χ1) is 9.81. The van der Waals surface area contributed by atoms with E-state index in [1.165, 1.54) is 0 Å². The number of benzene rings is 1. The number of rotatable bonds is 5. The maximum atomic E-state index is 12.2. The predicted molar refractivity (Wildman–Crippen MR) is 81.5 cm³/mol. The average Bonchev–Trinajstić information content (AvgIpc) is 2.81. The number of aromatic carboxylic acids is 1. The summed E-state index contributed by atoms with van der Waals surface area (Å²) in [6.45, 7) is 0.0593. The van der Waals surface area contributed by atoms with Crippen molar-refractivity contribution in [3.63, 3.8) is 0 Å². The molecular weight excluding hydrogens is 430 g/mol. The van der Waals surface area contributed by atoms with E-state index in [0.717, 1.165) is 16.1 Å². The maximum absolute atomic E-state index is 12.2. The van der Waals surface area contributed by atoms with Crippen LogP contribution in [0.15, 0.2) is 48.8 Å². The van der Waals surface area contributed by atoms with Crippen LogP contribution in [0, 0.1) is 0 Å². The van der Waals surface area contributed by atoms with Crippen LogP contribution >= 0.6 is 31.9 Å². The Morgan fingerprint density at radius 2 is 1.95 bits per heavy atom. The van der Waals surface area contributed by atoms with Crippen molar-refractivity contribution >= 4 is 47.9 Å². The molecule has 2 aromatic rings. The third-order valence-electron chi connectivity index (χ3n) is 2.57. The van der Waals surface area contributed by atoms with Gasteiger partial charge in [0.1, 0.15) is 4.90 Å². The van der Waals surface area contributed by atoms with Gasteiger partial charge in [0, 0.05) is 17.1 Å². The van der Waals surface area contributed by atoms with Gasteiger partial charge in [-0.1, -0.05) is 34.1 Å². The van der Waals surface area contributed by atoms with Gasteiger partial charge in [-0.25, -0.2) is 17.9 Å². The number of nitrogens with one attached hydrogen (secondary N) is 1. The van der Waals surface area contributed by atoms with Gasteiger partial charge in [0.05, 0.1) is 0 Å². The summed E-state index contributed by atoms with van der Waals surface area (Å²) in [6.07, 6.45) is 0. The summed E-state index contributed by atoms with van der Waals surface area (Å²) < 4.78 is 32.2. The molecule has 0 aliphatic rings. The first kappa shape index (κ1) is 16.2. The van der Waals surface area contributed by atoms with Crippen molar-refractivity contribution in [2.24, 2.45) is 0 Å². The molecule has 112 valence electrons. The Hall–Kier alpha value is -1.16. The lowest BCUT2D eigenvalue weighted by atomic mass is 10.2. The average molecular weight is 439 g/mol. The van der Waals surface area contributed by atoms with Crippen LogP contribution in [0.25, 0.3) is 0 Å². The summed E-state index contributed by atoms with van der Waals surface area (Å²) in [5.41, 5.74) is 0.749. The Balaban J connectivity index is 2.23. The monoisotopic (exact) mass is 437 g/mol. The third-order valence-corrected chi connectivity index (χ3v) is 5.60. The van der Waals surface area contributed by atoms with Gasteiger partial charge in [-0.2, -0.15) is 0 Å². The van der Waals surface area contributed by atoms with Crippen molar-refractivity contribution in [3.05, 3.63) is 50.8 Å². The Kier molecular flexibility index (Phi) is 4.87. The first-order valence-corrected chi connectivity index (χ1v) is 8.64. The highest BCUT2D eigenvalue weighted by Gasteiger charge is 2.24. The number of halogens is 2. The molecule has 1 aromatic carbocycles.